The Morgan fingerprint density at radius 2 is 1.45 bits per heavy atom. The van der Waals surface area contributed by atoms with Crippen LogP contribution in [0.2, 0.25) is 0 Å². The molecular formula is C19H13F9N2O. The first-order chi connectivity index (χ1) is 14.2. The van der Waals surface area contributed by atoms with E-state index in [0.29, 0.717) is 11.0 Å². The molecule has 0 heterocycles. The van der Waals surface area contributed by atoms with Crippen LogP contribution in [0.15, 0.2) is 42.5 Å². The van der Waals surface area contributed by atoms with E-state index in [1.54, 1.807) is 0 Å². The summed E-state index contributed by atoms with van der Waals surface area (Å²) >= 11 is 0. The van der Waals surface area contributed by atoms with Gasteiger partial charge in [-0.1, -0.05) is 0 Å². The molecule has 0 spiro atoms. The number of ether oxygens (including phenoxy) is 1. The third kappa shape index (κ3) is 6.97. The first-order valence-corrected chi connectivity index (χ1v) is 8.44. The molecule has 0 radical (unpaired) electrons. The Bertz CT molecular complexity index is 926. The van der Waals surface area contributed by atoms with E-state index in [1.165, 1.54) is 6.07 Å². The molecule has 31 heavy (non-hydrogen) atoms. The van der Waals surface area contributed by atoms with E-state index >= 15 is 0 Å². The van der Waals surface area contributed by atoms with E-state index in [4.69, 9.17) is 10.00 Å². The summed E-state index contributed by atoms with van der Waals surface area (Å²) in [7, 11) is 0. The molecule has 0 unspecified atom stereocenters. The molecular weight excluding hydrogens is 443 g/mol. The van der Waals surface area contributed by atoms with Crippen LogP contribution in [0.4, 0.5) is 45.2 Å². The maximum atomic E-state index is 13.1. The molecule has 0 aliphatic carbocycles. The SMILES string of the molecule is N#Cc1ccc(N(CCOc2ccc(C(F)(F)F)cc2)CC(F)(F)F)cc1C(F)(F)F. The van der Waals surface area contributed by atoms with Gasteiger partial charge in [0.2, 0.25) is 0 Å². The molecule has 0 amide bonds. The van der Waals surface area contributed by atoms with E-state index in [1.807, 2.05) is 0 Å². The number of halogens is 9. The normalized spacial score (nSPS) is 12.4. The van der Waals surface area contributed by atoms with Gasteiger partial charge in [0.25, 0.3) is 0 Å². The molecule has 0 aliphatic heterocycles. The van der Waals surface area contributed by atoms with Crippen LogP contribution in [0, 0.1) is 11.3 Å². The van der Waals surface area contributed by atoms with Crippen molar-refractivity contribution in [2.24, 2.45) is 0 Å². The summed E-state index contributed by atoms with van der Waals surface area (Å²) in [5.41, 5.74) is -3.52. The highest BCUT2D eigenvalue weighted by molar-refractivity contribution is 5.55. The summed E-state index contributed by atoms with van der Waals surface area (Å²) < 4.78 is 121. The third-order valence-electron chi connectivity index (χ3n) is 3.98. The van der Waals surface area contributed by atoms with Crippen LogP contribution in [0.25, 0.3) is 0 Å². The molecule has 2 aromatic rings. The predicted octanol–water partition coefficient (Wildman–Crippen LogP) is 6.04. The lowest BCUT2D eigenvalue weighted by Crippen LogP contribution is -2.37. The number of anilines is 1. The molecule has 168 valence electrons. The zero-order valence-corrected chi connectivity index (χ0v) is 15.4. The second kappa shape index (κ2) is 8.95. The van der Waals surface area contributed by atoms with Crippen molar-refractivity contribution in [3.8, 4) is 11.8 Å². The Hall–Kier alpha value is -3.10. The highest BCUT2D eigenvalue weighted by Gasteiger charge is 2.36. The predicted molar refractivity (Wildman–Crippen MR) is 91.4 cm³/mol. The average molecular weight is 456 g/mol. The minimum atomic E-state index is -4.96. The van der Waals surface area contributed by atoms with Crippen molar-refractivity contribution in [1.29, 1.82) is 5.26 Å². The quantitative estimate of drug-likeness (QED) is 0.497. The number of hydrogen-bond donors (Lipinski definition) is 0. The Kier molecular flexibility index (Phi) is 6.98. The van der Waals surface area contributed by atoms with Crippen molar-refractivity contribution in [2.75, 3.05) is 24.6 Å². The fraction of sp³-hybridized carbons (Fsp3) is 0.316. The van der Waals surface area contributed by atoms with E-state index < -0.39 is 60.6 Å². The summed E-state index contributed by atoms with van der Waals surface area (Å²) in [5, 5.41) is 8.80. The van der Waals surface area contributed by atoms with Crippen LogP contribution in [0.3, 0.4) is 0 Å². The summed E-state index contributed by atoms with van der Waals surface area (Å²) in [6.07, 6.45) is -14.3. The van der Waals surface area contributed by atoms with E-state index in [9.17, 15) is 39.5 Å². The second-order valence-electron chi connectivity index (χ2n) is 6.25. The number of rotatable bonds is 6. The maximum Gasteiger partial charge on any atom is 0.417 e. The van der Waals surface area contributed by atoms with Crippen molar-refractivity contribution in [3.05, 3.63) is 59.2 Å². The largest absolute Gasteiger partial charge is 0.492 e. The molecule has 0 aliphatic rings. The second-order valence-corrected chi connectivity index (χ2v) is 6.25. The molecule has 0 bridgehead atoms. The molecule has 2 aromatic carbocycles. The zero-order valence-electron chi connectivity index (χ0n) is 15.4. The van der Waals surface area contributed by atoms with Gasteiger partial charge in [0.15, 0.2) is 0 Å². The highest BCUT2D eigenvalue weighted by atomic mass is 19.4. The van der Waals surface area contributed by atoms with E-state index in [0.717, 1.165) is 36.4 Å². The molecule has 3 nitrogen and oxygen atoms in total. The summed E-state index contributed by atoms with van der Waals surface area (Å²) in [4.78, 5) is 0.570. The van der Waals surface area contributed by atoms with Gasteiger partial charge in [-0.3, -0.25) is 0 Å². The molecule has 0 N–H and O–H groups in total. The lowest BCUT2D eigenvalue weighted by molar-refractivity contribution is -0.138. The van der Waals surface area contributed by atoms with Gasteiger partial charge >= 0.3 is 18.5 Å². The van der Waals surface area contributed by atoms with Crippen LogP contribution in [-0.4, -0.2) is 25.9 Å². The Morgan fingerprint density at radius 3 is 1.94 bits per heavy atom. The van der Waals surface area contributed by atoms with Crippen molar-refractivity contribution >= 4 is 5.69 Å². The van der Waals surface area contributed by atoms with Gasteiger partial charge in [-0.2, -0.15) is 44.8 Å². The first-order valence-electron chi connectivity index (χ1n) is 8.44. The molecule has 0 saturated heterocycles. The molecule has 0 saturated carbocycles. The Morgan fingerprint density at radius 1 is 0.839 bits per heavy atom. The topological polar surface area (TPSA) is 36.3 Å². The van der Waals surface area contributed by atoms with Crippen LogP contribution in [-0.2, 0) is 12.4 Å². The standard InChI is InChI=1S/C19H13F9N2O/c20-17(21,22)11-30(14-4-1-12(10-29)16(9-14)19(26,27)28)7-8-31-15-5-2-13(3-6-15)18(23,24)25/h1-6,9H,7-8,11H2. The third-order valence-corrected chi connectivity index (χ3v) is 3.98. The van der Waals surface area contributed by atoms with Crippen LogP contribution >= 0.6 is 0 Å². The zero-order chi connectivity index (χ0) is 23.4. The maximum absolute atomic E-state index is 13.1. The minimum absolute atomic E-state index is 0.0595. The number of nitrogens with zero attached hydrogens (tertiary/aromatic N) is 2. The summed E-state index contributed by atoms with van der Waals surface area (Å²) in [5.74, 6) is -0.0595. The monoisotopic (exact) mass is 456 g/mol. The number of benzene rings is 2. The highest BCUT2D eigenvalue weighted by Crippen LogP contribution is 2.35. The summed E-state index contributed by atoms with van der Waals surface area (Å²) in [6.45, 7) is -2.58. The van der Waals surface area contributed by atoms with Crippen molar-refractivity contribution < 1.29 is 44.3 Å². The van der Waals surface area contributed by atoms with E-state index in [-0.39, 0.29) is 5.75 Å². The number of alkyl halides is 9. The van der Waals surface area contributed by atoms with Gasteiger partial charge in [0, 0.05) is 5.69 Å². The fourth-order valence-corrected chi connectivity index (χ4v) is 2.59. The fourth-order valence-electron chi connectivity index (χ4n) is 2.59. The summed E-state index contributed by atoms with van der Waals surface area (Å²) in [6, 6.07) is 6.86. The lowest BCUT2D eigenvalue weighted by atomic mass is 10.1. The molecule has 0 atom stereocenters. The molecule has 12 heteroatoms. The van der Waals surface area contributed by atoms with E-state index in [2.05, 4.69) is 0 Å². The van der Waals surface area contributed by atoms with Gasteiger partial charge in [-0.25, -0.2) is 0 Å². The Labute approximate surface area is 170 Å². The van der Waals surface area contributed by atoms with Crippen LogP contribution < -0.4 is 9.64 Å². The first kappa shape index (κ1) is 24.2. The number of hydrogen-bond acceptors (Lipinski definition) is 3. The van der Waals surface area contributed by atoms with Gasteiger partial charge < -0.3 is 9.64 Å². The van der Waals surface area contributed by atoms with Crippen molar-refractivity contribution in [2.45, 2.75) is 18.5 Å². The van der Waals surface area contributed by atoms with Crippen LogP contribution in [0.1, 0.15) is 16.7 Å². The lowest BCUT2D eigenvalue weighted by Gasteiger charge is -2.27. The van der Waals surface area contributed by atoms with Gasteiger partial charge in [-0.05, 0) is 42.5 Å². The van der Waals surface area contributed by atoms with Crippen molar-refractivity contribution in [3.63, 3.8) is 0 Å². The van der Waals surface area contributed by atoms with Gasteiger partial charge in [0.05, 0.1) is 29.3 Å². The van der Waals surface area contributed by atoms with Gasteiger partial charge in [0.1, 0.15) is 18.9 Å². The average Bonchev–Trinajstić information content (AvgIpc) is 2.65. The number of nitriles is 1. The van der Waals surface area contributed by atoms with Crippen LogP contribution in [0.5, 0.6) is 5.75 Å². The molecule has 0 aromatic heterocycles. The minimum Gasteiger partial charge on any atom is -0.492 e. The molecule has 2 rings (SSSR count). The smallest absolute Gasteiger partial charge is 0.417 e. The Balaban J connectivity index is 2.19. The van der Waals surface area contributed by atoms with Gasteiger partial charge in [-0.15, -0.1) is 0 Å². The molecule has 0 fully saturated rings. The van der Waals surface area contributed by atoms with Crippen molar-refractivity contribution in [1.82, 2.24) is 0 Å².